The maximum atomic E-state index is 3.92. The highest BCUT2D eigenvalue weighted by Gasteiger charge is 2.20. The van der Waals surface area contributed by atoms with Crippen LogP contribution >= 0.6 is 23.5 Å². The van der Waals surface area contributed by atoms with Crippen LogP contribution in [-0.4, -0.2) is 5.75 Å². The minimum Gasteiger partial charge on any atom is -0.121 e. The van der Waals surface area contributed by atoms with Gasteiger partial charge in [0.2, 0.25) is 0 Å². The lowest BCUT2D eigenvalue weighted by molar-refractivity contribution is 0.656. The summed E-state index contributed by atoms with van der Waals surface area (Å²) < 4.78 is 0. The second-order valence-corrected chi connectivity index (χ2v) is 10.1. The molecule has 0 aliphatic heterocycles. The Kier molecular flexibility index (Phi) is 11.8. The van der Waals surface area contributed by atoms with E-state index in [-0.39, 0.29) is 0 Å². The number of thioether (sulfide) groups is 2. The summed E-state index contributed by atoms with van der Waals surface area (Å²) in [7, 11) is 0. The van der Waals surface area contributed by atoms with Crippen LogP contribution in [0.2, 0.25) is 0 Å². The third-order valence-corrected chi connectivity index (χ3v) is 7.80. The lowest BCUT2D eigenvalue weighted by Gasteiger charge is -2.11. The molecule has 0 radical (unpaired) electrons. The van der Waals surface area contributed by atoms with Gasteiger partial charge in [0.25, 0.3) is 0 Å². The first-order valence-corrected chi connectivity index (χ1v) is 13.5. The minimum absolute atomic E-state index is 0.783. The van der Waals surface area contributed by atoms with E-state index in [1.807, 2.05) is 49.5 Å². The van der Waals surface area contributed by atoms with Crippen LogP contribution < -0.4 is 0 Å². The highest BCUT2D eigenvalue weighted by molar-refractivity contribution is 7.99. The van der Waals surface area contributed by atoms with E-state index in [9.17, 15) is 0 Å². The second-order valence-electron chi connectivity index (χ2n) is 8.05. The van der Waals surface area contributed by atoms with E-state index < -0.39 is 0 Å². The zero-order valence-corrected chi connectivity index (χ0v) is 21.8. The molecule has 32 heavy (non-hydrogen) atoms. The molecule has 3 rings (SSSR count). The fraction of sp³-hybridized carbons (Fsp3) is 0.333. The maximum Gasteiger partial charge on any atom is 0.0234 e. The van der Waals surface area contributed by atoms with Crippen LogP contribution in [0.5, 0.6) is 0 Å². The molecule has 0 spiro atoms. The molecule has 2 heteroatoms. The predicted octanol–water partition coefficient (Wildman–Crippen LogP) is 9.70. The smallest absolute Gasteiger partial charge is 0.0234 e. The van der Waals surface area contributed by atoms with E-state index in [4.69, 9.17) is 0 Å². The van der Waals surface area contributed by atoms with Crippen molar-refractivity contribution in [1.29, 1.82) is 0 Å². The molecule has 0 saturated heterocycles. The number of allylic oxidation sites excluding steroid dienone is 5. The van der Waals surface area contributed by atoms with Crippen molar-refractivity contribution in [3.8, 4) is 0 Å². The summed E-state index contributed by atoms with van der Waals surface area (Å²) in [5.74, 6) is 2.77. The molecule has 1 aliphatic rings. The summed E-state index contributed by atoms with van der Waals surface area (Å²) in [6.07, 6.45) is 13.8. The average molecular weight is 463 g/mol. The molecule has 2 aromatic carbocycles. The Balaban J connectivity index is 0.00000114. The lowest BCUT2D eigenvalue weighted by atomic mass is 9.99. The molecule has 0 amide bonds. The van der Waals surface area contributed by atoms with Crippen LogP contribution in [-0.2, 0) is 12.2 Å². The summed E-state index contributed by atoms with van der Waals surface area (Å²) in [6, 6.07) is 14.0. The van der Waals surface area contributed by atoms with Crippen molar-refractivity contribution in [2.24, 2.45) is 0 Å². The van der Waals surface area contributed by atoms with Gasteiger partial charge in [0, 0.05) is 21.3 Å². The average Bonchev–Trinajstić information content (AvgIpc) is 3.21. The molecule has 0 saturated carbocycles. The third-order valence-electron chi connectivity index (χ3n) is 5.69. The Bertz CT molecular complexity index is 949. The number of hydrogen-bond donors (Lipinski definition) is 0. The van der Waals surface area contributed by atoms with Crippen molar-refractivity contribution in [2.45, 2.75) is 68.4 Å². The number of fused-ring (bicyclic) bond motifs is 1. The molecule has 0 heterocycles. The number of hydrogen-bond acceptors (Lipinski definition) is 2. The third kappa shape index (κ3) is 7.90. The molecule has 0 N–H and O–H groups in total. The molecule has 1 aliphatic carbocycles. The first-order valence-electron chi connectivity index (χ1n) is 11.5. The topological polar surface area (TPSA) is 0 Å². The highest BCUT2D eigenvalue weighted by atomic mass is 32.2. The van der Waals surface area contributed by atoms with Crippen molar-refractivity contribution >= 4 is 23.5 Å². The monoisotopic (exact) mass is 462 g/mol. The summed E-state index contributed by atoms with van der Waals surface area (Å²) >= 11 is 3.84. The normalized spacial score (nSPS) is 15.2. The summed E-state index contributed by atoms with van der Waals surface area (Å²) in [5.41, 5.74) is 7.24. The first kappa shape index (κ1) is 26.4. The summed E-state index contributed by atoms with van der Waals surface area (Å²) in [6.45, 7) is 15.8. The van der Waals surface area contributed by atoms with Gasteiger partial charge in [0.05, 0.1) is 0 Å². The molecule has 0 fully saturated rings. The van der Waals surface area contributed by atoms with E-state index in [2.05, 4.69) is 75.6 Å². The van der Waals surface area contributed by atoms with Gasteiger partial charge < -0.3 is 0 Å². The van der Waals surface area contributed by atoms with E-state index in [0.717, 1.165) is 17.4 Å². The van der Waals surface area contributed by atoms with Gasteiger partial charge in [0.1, 0.15) is 0 Å². The van der Waals surface area contributed by atoms with Crippen LogP contribution in [0.25, 0.3) is 0 Å². The molecular formula is C30H38S2. The van der Waals surface area contributed by atoms with Crippen LogP contribution in [0.3, 0.4) is 0 Å². The molecule has 0 bridgehead atoms. The number of aryl methyl sites for hydroxylation is 2. The predicted molar refractivity (Wildman–Crippen MR) is 148 cm³/mol. The van der Waals surface area contributed by atoms with Gasteiger partial charge in [-0.1, -0.05) is 56.0 Å². The number of rotatable bonds is 9. The van der Waals surface area contributed by atoms with E-state index in [1.54, 1.807) is 17.2 Å². The largest absolute Gasteiger partial charge is 0.121 e. The Labute approximate surface area is 205 Å². The van der Waals surface area contributed by atoms with Crippen molar-refractivity contribution in [1.82, 2.24) is 0 Å². The van der Waals surface area contributed by atoms with Gasteiger partial charge in [-0.25, -0.2) is 0 Å². The Morgan fingerprint density at radius 2 is 1.78 bits per heavy atom. The fourth-order valence-electron chi connectivity index (χ4n) is 3.84. The summed E-state index contributed by atoms with van der Waals surface area (Å²) in [5, 5.41) is 0. The van der Waals surface area contributed by atoms with Gasteiger partial charge in [-0.15, -0.1) is 30.1 Å². The second kappa shape index (κ2) is 14.3. The zero-order valence-electron chi connectivity index (χ0n) is 20.2. The van der Waals surface area contributed by atoms with Crippen molar-refractivity contribution in [3.05, 3.63) is 108 Å². The van der Waals surface area contributed by atoms with Crippen LogP contribution in [0.1, 0.15) is 61.8 Å². The van der Waals surface area contributed by atoms with E-state index >= 15 is 0 Å². The zero-order chi connectivity index (χ0) is 23.3. The molecule has 0 nitrogen and oxygen atoms in total. The Morgan fingerprint density at radius 1 is 1.06 bits per heavy atom. The number of benzene rings is 2. The van der Waals surface area contributed by atoms with E-state index in [0.29, 0.717) is 0 Å². The Hall–Kier alpha value is -1.90. The fourth-order valence-corrected chi connectivity index (χ4v) is 5.85. The molecule has 0 aromatic heterocycles. The molecule has 1 unspecified atom stereocenters. The van der Waals surface area contributed by atoms with Gasteiger partial charge in [-0.05, 0) is 98.0 Å². The molecular weight excluding hydrogens is 424 g/mol. The molecule has 2 aromatic rings. The first-order chi connectivity index (χ1) is 15.6. The maximum absolute atomic E-state index is 3.92. The molecule has 1 atom stereocenters. The molecule has 170 valence electrons. The van der Waals surface area contributed by atoms with E-state index in [1.165, 1.54) is 45.8 Å². The summed E-state index contributed by atoms with van der Waals surface area (Å²) in [4.78, 5) is 2.73. The van der Waals surface area contributed by atoms with Gasteiger partial charge in [-0.2, -0.15) is 0 Å². The highest BCUT2D eigenvalue weighted by Crippen LogP contribution is 2.38. The van der Waals surface area contributed by atoms with Crippen molar-refractivity contribution in [3.63, 3.8) is 0 Å². The van der Waals surface area contributed by atoms with Crippen molar-refractivity contribution in [2.75, 3.05) is 5.75 Å². The van der Waals surface area contributed by atoms with Gasteiger partial charge in [-0.3, -0.25) is 0 Å². The minimum atomic E-state index is 0.783. The van der Waals surface area contributed by atoms with Crippen LogP contribution in [0.4, 0.5) is 0 Å². The van der Waals surface area contributed by atoms with Crippen LogP contribution in [0, 0.1) is 6.92 Å². The van der Waals surface area contributed by atoms with Crippen LogP contribution in [0.15, 0.2) is 95.3 Å². The van der Waals surface area contributed by atoms with Gasteiger partial charge >= 0.3 is 0 Å². The standard InChI is InChI=1S/C27H32S2.C3H6/c1-5-8-9-21(6-2)18-28-25-13-12-24(20(4)16-25)19-29-26-14-15-27-22(7-3)10-11-23(27)17-26;1-3-2/h5-6,8-9,12-17,22H,2,7,10-11,18-19H2,1,3-4H3;3H,1H2,2H3/b8-5-,21-9+;. The quantitative estimate of drug-likeness (QED) is 0.207. The Morgan fingerprint density at radius 3 is 2.44 bits per heavy atom. The van der Waals surface area contributed by atoms with Gasteiger partial charge in [0.15, 0.2) is 0 Å². The SMILES string of the molecule is C=C/C(=C\C=C/C)CSc1ccc(CSc2ccc3c(c2)CCC3CC)c(C)c1.C=CC. The lowest BCUT2D eigenvalue weighted by Crippen LogP contribution is -1.91. The van der Waals surface area contributed by atoms with Crippen molar-refractivity contribution < 1.29 is 0 Å².